The Morgan fingerprint density at radius 1 is 0.926 bits per heavy atom. The molecule has 1 heterocycles. The number of rotatable bonds is 5. The van der Waals surface area contributed by atoms with Crippen LogP contribution in [0.4, 0.5) is 11.5 Å². The molecule has 0 atom stereocenters. The molecule has 0 saturated heterocycles. The second-order valence-corrected chi connectivity index (χ2v) is 6.36. The Bertz CT molecular complexity index is 1070. The molecule has 0 aliphatic carbocycles. The van der Waals surface area contributed by atoms with Crippen LogP contribution < -0.4 is 15.8 Å². The molecule has 5 nitrogen and oxygen atoms in total. The number of nitrogens with two attached hydrogens (primary N) is 1. The van der Waals surface area contributed by atoms with Crippen molar-refractivity contribution in [1.82, 2.24) is 9.97 Å². The van der Waals surface area contributed by atoms with Gasteiger partial charge >= 0.3 is 0 Å². The standard InChI is InChI=1S/C22H20N4O/c1-15-9-11-16(12-10-15)13-24-21-20(23)22(26-14-25-21)27-19-8-4-6-17-5-2-3-7-18(17)19/h2-12,14H,13,23H2,1H3,(H,24,25,26). The molecule has 0 aliphatic rings. The van der Waals surface area contributed by atoms with Crippen molar-refractivity contribution < 1.29 is 4.74 Å². The van der Waals surface area contributed by atoms with Crippen LogP contribution in [-0.4, -0.2) is 9.97 Å². The number of hydrogen-bond donors (Lipinski definition) is 2. The van der Waals surface area contributed by atoms with Gasteiger partial charge in [-0.05, 0) is 23.9 Å². The number of anilines is 2. The number of benzene rings is 3. The minimum Gasteiger partial charge on any atom is -0.436 e. The van der Waals surface area contributed by atoms with E-state index in [2.05, 4.69) is 46.5 Å². The van der Waals surface area contributed by atoms with Gasteiger partial charge in [-0.1, -0.05) is 66.2 Å². The summed E-state index contributed by atoms with van der Waals surface area (Å²) in [5.41, 5.74) is 9.01. The van der Waals surface area contributed by atoms with E-state index < -0.39 is 0 Å². The van der Waals surface area contributed by atoms with Crippen LogP contribution in [0.25, 0.3) is 10.8 Å². The predicted molar refractivity (Wildman–Crippen MR) is 109 cm³/mol. The summed E-state index contributed by atoms with van der Waals surface area (Å²) >= 11 is 0. The lowest BCUT2D eigenvalue weighted by atomic mass is 10.1. The molecule has 4 rings (SSSR count). The number of aromatic nitrogens is 2. The van der Waals surface area contributed by atoms with E-state index in [-0.39, 0.29) is 0 Å². The van der Waals surface area contributed by atoms with E-state index in [4.69, 9.17) is 10.5 Å². The molecule has 3 aromatic carbocycles. The summed E-state index contributed by atoms with van der Waals surface area (Å²) in [6.07, 6.45) is 1.45. The van der Waals surface area contributed by atoms with Gasteiger partial charge in [-0.15, -0.1) is 0 Å². The highest BCUT2D eigenvalue weighted by Gasteiger charge is 2.11. The largest absolute Gasteiger partial charge is 0.436 e. The van der Waals surface area contributed by atoms with Crippen molar-refractivity contribution in [2.45, 2.75) is 13.5 Å². The first-order chi connectivity index (χ1) is 13.2. The van der Waals surface area contributed by atoms with Crippen LogP contribution in [0, 0.1) is 6.92 Å². The molecule has 4 aromatic rings. The molecule has 0 aliphatic heterocycles. The molecular weight excluding hydrogens is 336 g/mol. The Balaban J connectivity index is 1.57. The van der Waals surface area contributed by atoms with Gasteiger partial charge in [0.1, 0.15) is 17.8 Å². The number of nitrogens with zero attached hydrogens (tertiary/aromatic N) is 2. The van der Waals surface area contributed by atoms with Crippen LogP contribution in [0.3, 0.4) is 0 Å². The molecule has 0 fully saturated rings. The Morgan fingerprint density at radius 3 is 2.56 bits per heavy atom. The van der Waals surface area contributed by atoms with E-state index in [0.29, 0.717) is 29.7 Å². The maximum Gasteiger partial charge on any atom is 0.248 e. The Morgan fingerprint density at radius 2 is 1.70 bits per heavy atom. The lowest BCUT2D eigenvalue weighted by Crippen LogP contribution is -2.06. The molecule has 0 unspecified atom stereocenters. The predicted octanol–water partition coefficient (Wildman–Crippen LogP) is 4.92. The van der Waals surface area contributed by atoms with Crippen molar-refractivity contribution in [1.29, 1.82) is 0 Å². The molecule has 0 amide bonds. The van der Waals surface area contributed by atoms with Crippen molar-refractivity contribution in [3.63, 3.8) is 0 Å². The number of aryl methyl sites for hydroxylation is 1. The van der Waals surface area contributed by atoms with Crippen molar-refractivity contribution in [2.24, 2.45) is 0 Å². The minimum absolute atomic E-state index is 0.341. The van der Waals surface area contributed by atoms with Crippen LogP contribution >= 0.6 is 0 Å². The second-order valence-electron chi connectivity index (χ2n) is 6.36. The third-order valence-corrected chi connectivity index (χ3v) is 4.38. The lowest BCUT2D eigenvalue weighted by Gasteiger charge is -2.13. The summed E-state index contributed by atoms with van der Waals surface area (Å²) in [4.78, 5) is 8.46. The van der Waals surface area contributed by atoms with Crippen molar-refractivity contribution in [2.75, 3.05) is 11.1 Å². The van der Waals surface area contributed by atoms with E-state index in [9.17, 15) is 0 Å². The summed E-state index contributed by atoms with van der Waals surface area (Å²) in [7, 11) is 0. The summed E-state index contributed by atoms with van der Waals surface area (Å²) in [6, 6.07) is 22.2. The van der Waals surface area contributed by atoms with Gasteiger partial charge in [-0.2, -0.15) is 4.98 Å². The van der Waals surface area contributed by atoms with Crippen molar-refractivity contribution >= 4 is 22.3 Å². The third kappa shape index (κ3) is 3.67. The zero-order valence-electron chi connectivity index (χ0n) is 15.0. The monoisotopic (exact) mass is 356 g/mol. The van der Waals surface area contributed by atoms with Gasteiger partial charge in [0.2, 0.25) is 5.88 Å². The van der Waals surface area contributed by atoms with Gasteiger partial charge < -0.3 is 15.8 Å². The SMILES string of the molecule is Cc1ccc(CNc2ncnc(Oc3cccc4ccccc34)c2N)cc1. The molecule has 0 bridgehead atoms. The Labute approximate surface area is 157 Å². The van der Waals surface area contributed by atoms with Gasteiger partial charge in [-0.3, -0.25) is 0 Å². The minimum atomic E-state index is 0.341. The molecule has 1 aromatic heterocycles. The van der Waals surface area contributed by atoms with E-state index >= 15 is 0 Å². The lowest BCUT2D eigenvalue weighted by molar-refractivity contribution is 0.470. The fourth-order valence-corrected chi connectivity index (χ4v) is 2.88. The van der Waals surface area contributed by atoms with Gasteiger partial charge in [0.05, 0.1) is 0 Å². The van der Waals surface area contributed by atoms with Gasteiger partial charge in [0.15, 0.2) is 5.82 Å². The van der Waals surface area contributed by atoms with Crippen molar-refractivity contribution in [3.05, 3.63) is 84.2 Å². The van der Waals surface area contributed by atoms with Crippen LogP contribution in [0.1, 0.15) is 11.1 Å². The first-order valence-corrected chi connectivity index (χ1v) is 8.76. The number of hydrogen-bond acceptors (Lipinski definition) is 5. The van der Waals surface area contributed by atoms with Crippen LogP contribution in [0.15, 0.2) is 73.1 Å². The first-order valence-electron chi connectivity index (χ1n) is 8.76. The molecule has 0 saturated carbocycles. The number of ether oxygens (including phenoxy) is 1. The van der Waals surface area contributed by atoms with E-state index in [1.54, 1.807) is 0 Å². The fourth-order valence-electron chi connectivity index (χ4n) is 2.88. The molecule has 5 heteroatoms. The Kier molecular flexibility index (Phi) is 4.58. The van der Waals surface area contributed by atoms with Gasteiger partial charge in [-0.25, -0.2) is 4.98 Å². The number of nitrogen functional groups attached to an aromatic ring is 1. The van der Waals surface area contributed by atoms with Gasteiger partial charge in [0, 0.05) is 11.9 Å². The Hall–Kier alpha value is -3.60. The quantitative estimate of drug-likeness (QED) is 0.531. The third-order valence-electron chi connectivity index (χ3n) is 4.38. The smallest absolute Gasteiger partial charge is 0.248 e. The number of fused-ring (bicyclic) bond motifs is 1. The van der Waals surface area contributed by atoms with Crippen LogP contribution in [0.5, 0.6) is 11.6 Å². The molecule has 0 radical (unpaired) electrons. The highest BCUT2D eigenvalue weighted by atomic mass is 16.5. The highest BCUT2D eigenvalue weighted by molar-refractivity contribution is 5.88. The second kappa shape index (κ2) is 7.33. The summed E-state index contributed by atoms with van der Waals surface area (Å²) in [6.45, 7) is 2.69. The topological polar surface area (TPSA) is 73.1 Å². The van der Waals surface area contributed by atoms with Gasteiger partial charge in [0.25, 0.3) is 0 Å². The summed E-state index contributed by atoms with van der Waals surface area (Å²) in [5, 5.41) is 5.36. The average molecular weight is 356 g/mol. The molecular formula is C22H20N4O. The molecule has 27 heavy (non-hydrogen) atoms. The first kappa shape index (κ1) is 16.8. The highest BCUT2D eigenvalue weighted by Crippen LogP contribution is 2.33. The van der Waals surface area contributed by atoms with E-state index in [1.807, 2.05) is 42.5 Å². The zero-order valence-corrected chi connectivity index (χ0v) is 15.0. The fraction of sp³-hybridized carbons (Fsp3) is 0.0909. The number of nitrogens with one attached hydrogen (secondary N) is 1. The van der Waals surface area contributed by atoms with E-state index in [0.717, 1.165) is 16.3 Å². The molecule has 3 N–H and O–H groups in total. The summed E-state index contributed by atoms with van der Waals surface area (Å²) < 4.78 is 6.01. The van der Waals surface area contributed by atoms with Crippen LogP contribution in [-0.2, 0) is 6.54 Å². The maximum atomic E-state index is 6.25. The normalized spacial score (nSPS) is 10.7. The van der Waals surface area contributed by atoms with Crippen molar-refractivity contribution in [3.8, 4) is 11.6 Å². The average Bonchev–Trinajstić information content (AvgIpc) is 2.70. The van der Waals surface area contributed by atoms with Crippen LogP contribution in [0.2, 0.25) is 0 Å². The molecule has 0 spiro atoms. The molecule has 134 valence electrons. The maximum absolute atomic E-state index is 6.25. The zero-order chi connectivity index (χ0) is 18.6. The van der Waals surface area contributed by atoms with E-state index in [1.165, 1.54) is 11.9 Å². The summed E-state index contributed by atoms with van der Waals surface area (Å²) in [5.74, 6) is 1.61.